The summed E-state index contributed by atoms with van der Waals surface area (Å²) in [5, 5.41) is 13.0. The molecule has 4 nitrogen and oxygen atoms in total. The second-order valence-corrected chi connectivity index (χ2v) is 6.11. The summed E-state index contributed by atoms with van der Waals surface area (Å²) >= 11 is 5.90. The third-order valence-corrected chi connectivity index (χ3v) is 4.27. The number of amides is 1. The highest BCUT2D eigenvalue weighted by Crippen LogP contribution is 2.35. The van der Waals surface area contributed by atoms with Gasteiger partial charge in [-0.1, -0.05) is 30.9 Å². The average Bonchev–Trinajstić information content (AvgIpc) is 2.45. The van der Waals surface area contributed by atoms with Crippen molar-refractivity contribution in [3.8, 4) is 0 Å². The van der Waals surface area contributed by atoms with Crippen molar-refractivity contribution in [2.75, 3.05) is 18.9 Å². The van der Waals surface area contributed by atoms with Crippen LogP contribution in [0.2, 0.25) is 5.02 Å². The Balaban J connectivity index is 2.00. The first-order chi connectivity index (χ1) is 9.54. The van der Waals surface area contributed by atoms with E-state index in [0.29, 0.717) is 22.8 Å². The van der Waals surface area contributed by atoms with E-state index >= 15 is 0 Å². The molecule has 0 radical (unpaired) electrons. The van der Waals surface area contributed by atoms with E-state index in [0.717, 1.165) is 25.7 Å². The van der Waals surface area contributed by atoms with Crippen LogP contribution in [0.3, 0.4) is 0 Å². The van der Waals surface area contributed by atoms with Gasteiger partial charge in [0.05, 0.1) is 6.61 Å². The molecule has 0 bridgehead atoms. The van der Waals surface area contributed by atoms with Crippen molar-refractivity contribution >= 4 is 23.2 Å². The van der Waals surface area contributed by atoms with Gasteiger partial charge in [0.25, 0.3) is 5.91 Å². The Morgan fingerprint density at radius 2 is 2.00 bits per heavy atom. The summed E-state index contributed by atoms with van der Waals surface area (Å²) in [6.45, 7) is 0.611. The normalized spacial score (nSPS) is 17.7. The lowest BCUT2D eigenvalue weighted by atomic mass is 9.74. The summed E-state index contributed by atoms with van der Waals surface area (Å²) in [6.07, 6.45) is 5.35. The maximum Gasteiger partial charge on any atom is 0.251 e. The largest absolute Gasteiger partial charge is 0.399 e. The Bertz CT molecular complexity index is 465. The second-order valence-electron chi connectivity index (χ2n) is 5.67. The molecule has 2 rings (SSSR count). The van der Waals surface area contributed by atoms with Crippen LogP contribution in [-0.4, -0.2) is 24.2 Å². The van der Waals surface area contributed by atoms with Crippen LogP contribution in [0.5, 0.6) is 0 Å². The number of carbonyl (C=O) groups is 1. The van der Waals surface area contributed by atoms with Crippen LogP contribution in [-0.2, 0) is 0 Å². The number of hydrogen-bond donors (Lipinski definition) is 3. The van der Waals surface area contributed by atoms with Gasteiger partial charge in [-0.3, -0.25) is 4.79 Å². The van der Waals surface area contributed by atoms with E-state index in [9.17, 15) is 9.90 Å². The molecule has 110 valence electrons. The summed E-state index contributed by atoms with van der Waals surface area (Å²) in [6, 6.07) is 4.81. The van der Waals surface area contributed by atoms with Crippen molar-refractivity contribution < 1.29 is 9.90 Å². The summed E-state index contributed by atoms with van der Waals surface area (Å²) in [7, 11) is 0. The fourth-order valence-corrected chi connectivity index (χ4v) is 3.05. The standard InChI is InChI=1S/C15H21ClN2O2/c16-12-6-11(7-13(17)8-12)14(20)18-9-15(10-19)4-2-1-3-5-15/h6-8,19H,1-5,9-10,17H2,(H,18,20). The van der Waals surface area contributed by atoms with Crippen LogP contribution < -0.4 is 11.1 Å². The van der Waals surface area contributed by atoms with Crippen LogP contribution in [0.4, 0.5) is 5.69 Å². The van der Waals surface area contributed by atoms with Gasteiger partial charge < -0.3 is 16.2 Å². The predicted octanol–water partition coefficient (Wildman–Crippen LogP) is 2.59. The molecule has 20 heavy (non-hydrogen) atoms. The number of carbonyl (C=O) groups excluding carboxylic acids is 1. The van der Waals surface area contributed by atoms with E-state index in [4.69, 9.17) is 17.3 Å². The second kappa shape index (κ2) is 6.46. The van der Waals surface area contributed by atoms with Gasteiger partial charge in [0.2, 0.25) is 0 Å². The van der Waals surface area contributed by atoms with E-state index in [1.165, 1.54) is 6.42 Å². The highest BCUT2D eigenvalue weighted by atomic mass is 35.5. The van der Waals surface area contributed by atoms with E-state index < -0.39 is 0 Å². The molecule has 1 saturated carbocycles. The van der Waals surface area contributed by atoms with Crippen LogP contribution in [0.1, 0.15) is 42.5 Å². The lowest BCUT2D eigenvalue weighted by molar-refractivity contribution is 0.0718. The average molecular weight is 297 g/mol. The van der Waals surface area contributed by atoms with Gasteiger partial charge in [0.1, 0.15) is 0 Å². The molecule has 0 spiro atoms. The van der Waals surface area contributed by atoms with Gasteiger partial charge in [-0.25, -0.2) is 0 Å². The van der Waals surface area contributed by atoms with Gasteiger partial charge >= 0.3 is 0 Å². The number of halogens is 1. The van der Waals surface area contributed by atoms with Crippen LogP contribution >= 0.6 is 11.6 Å². The van der Waals surface area contributed by atoms with E-state index in [2.05, 4.69) is 5.32 Å². The Morgan fingerprint density at radius 1 is 1.30 bits per heavy atom. The SMILES string of the molecule is Nc1cc(Cl)cc(C(=O)NCC2(CO)CCCCC2)c1. The first kappa shape index (κ1) is 15.1. The fourth-order valence-electron chi connectivity index (χ4n) is 2.81. The molecule has 0 saturated heterocycles. The molecule has 0 heterocycles. The monoisotopic (exact) mass is 296 g/mol. The van der Waals surface area contributed by atoms with Gasteiger partial charge in [-0.05, 0) is 31.0 Å². The number of nitrogen functional groups attached to an aromatic ring is 1. The number of aliphatic hydroxyl groups is 1. The summed E-state index contributed by atoms with van der Waals surface area (Å²) in [5.41, 5.74) is 6.44. The Hall–Kier alpha value is -1.26. The van der Waals surface area contributed by atoms with Crippen molar-refractivity contribution in [2.24, 2.45) is 5.41 Å². The van der Waals surface area contributed by atoms with Gasteiger partial charge in [0, 0.05) is 28.2 Å². The number of hydrogen-bond acceptors (Lipinski definition) is 3. The van der Waals surface area contributed by atoms with E-state index in [1.807, 2.05) is 0 Å². The number of rotatable bonds is 4. The quantitative estimate of drug-likeness (QED) is 0.748. The van der Waals surface area contributed by atoms with Crippen molar-refractivity contribution in [3.05, 3.63) is 28.8 Å². The van der Waals surface area contributed by atoms with Gasteiger partial charge in [-0.2, -0.15) is 0 Å². The maximum absolute atomic E-state index is 12.1. The zero-order valence-corrected chi connectivity index (χ0v) is 12.2. The van der Waals surface area contributed by atoms with Crippen LogP contribution in [0.25, 0.3) is 0 Å². The van der Waals surface area contributed by atoms with Crippen LogP contribution in [0, 0.1) is 5.41 Å². The zero-order valence-electron chi connectivity index (χ0n) is 11.5. The van der Waals surface area contributed by atoms with Gasteiger partial charge in [0.15, 0.2) is 0 Å². The number of benzene rings is 1. The minimum atomic E-state index is -0.197. The van der Waals surface area contributed by atoms with Crippen LogP contribution in [0.15, 0.2) is 18.2 Å². The van der Waals surface area contributed by atoms with E-state index in [-0.39, 0.29) is 17.9 Å². The molecule has 1 amide bonds. The third-order valence-electron chi connectivity index (χ3n) is 4.06. The van der Waals surface area contributed by atoms with Crippen molar-refractivity contribution in [1.82, 2.24) is 5.32 Å². The van der Waals surface area contributed by atoms with Crippen molar-refractivity contribution in [2.45, 2.75) is 32.1 Å². The Kier molecular flexibility index (Phi) is 4.89. The summed E-state index contributed by atoms with van der Waals surface area (Å²) in [5.74, 6) is -0.197. The molecule has 1 fully saturated rings. The molecule has 0 aliphatic heterocycles. The molecule has 1 aliphatic rings. The minimum absolute atomic E-state index is 0.116. The summed E-state index contributed by atoms with van der Waals surface area (Å²) in [4.78, 5) is 12.1. The fraction of sp³-hybridized carbons (Fsp3) is 0.533. The molecule has 1 aliphatic carbocycles. The maximum atomic E-state index is 12.1. The van der Waals surface area contributed by atoms with Crippen molar-refractivity contribution in [1.29, 1.82) is 0 Å². The highest BCUT2D eigenvalue weighted by Gasteiger charge is 2.31. The lowest BCUT2D eigenvalue weighted by Gasteiger charge is -2.35. The minimum Gasteiger partial charge on any atom is -0.399 e. The first-order valence-electron chi connectivity index (χ1n) is 7.00. The number of nitrogens with two attached hydrogens (primary N) is 1. The predicted molar refractivity (Wildman–Crippen MR) is 80.8 cm³/mol. The van der Waals surface area contributed by atoms with Gasteiger partial charge in [-0.15, -0.1) is 0 Å². The smallest absolute Gasteiger partial charge is 0.251 e. The Morgan fingerprint density at radius 3 is 2.60 bits per heavy atom. The van der Waals surface area contributed by atoms with E-state index in [1.54, 1.807) is 18.2 Å². The molecule has 1 aromatic carbocycles. The highest BCUT2D eigenvalue weighted by molar-refractivity contribution is 6.31. The molecule has 5 heteroatoms. The zero-order chi connectivity index (χ0) is 14.6. The molecular formula is C15H21ClN2O2. The number of anilines is 1. The number of nitrogens with one attached hydrogen (secondary N) is 1. The summed E-state index contributed by atoms with van der Waals surface area (Å²) < 4.78 is 0. The molecular weight excluding hydrogens is 276 g/mol. The molecule has 4 N–H and O–H groups in total. The molecule has 0 atom stereocenters. The number of aliphatic hydroxyl groups excluding tert-OH is 1. The van der Waals surface area contributed by atoms with Crippen molar-refractivity contribution in [3.63, 3.8) is 0 Å². The first-order valence-corrected chi connectivity index (χ1v) is 7.38. The Labute approximate surface area is 124 Å². The molecule has 0 unspecified atom stereocenters. The lowest BCUT2D eigenvalue weighted by Crippen LogP contribution is -2.41. The third kappa shape index (κ3) is 3.64. The molecule has 1 aromatic rings. The molecule has 0 aromatic heterocycles. The topological polar surface area (TPSA) is 75.4 Å².